The Bertz CT molecular complexity index is 1130. The molecular weight excluding hydrogens is 460 g/mol. The SMILES string of the molecule is C/C=C/C=C/C(O)=C1/C(=O)[C@@]2(C)C(=O)[C@@](C)(O)[C@@H]1C[C@@]21O[C@@H]2C=C(C(=O)OC)C[C@H](O)[C@H]2OC1=O. The van der Waals surface area contributed by atoms with Crippen molar-refractivity contribution in [1.82, 2.24) is 0 Å². The van der Waals surface area contributed by atoms with Crippen LogP contribution in [0.15, 0.2) is 47.3 Å². The molecule has 1 spiro atoms. The highest BCUT2D eigenvalue weighted by Gasteiger charge is 2.79. The number of ether oxygens (including phenoxy) is 3. The van der Waals surface area contributed by atoms with E-state index in [0.29, 0.717) is 0 Å². The van der Waals surface area contributed by atoms with E-state index in [-0.39, 0.29) is 24.0 Å². The standard InChI is InChI=1S/C25H28O10/c1-5-6-7-8-14(26)17-13-11-25(23(2,19(17)28)21(30)24(13,3)32)22(31)34-18-15(27)9-12(20(29)33-4)10-16(18)35-25/h5-8,10,13,15-16,18,26-27,32H,9,11H2,1-4H3/b6-5+,8-7+,17-14-/t13-,15+,16-,18-,23+,24+,25+/m1/s1. The first-order valence-electron chi connectivity index (χ1n) is 11.3. The lowest BCUT2D eigenvalue weighted by Gasteiger charge is -2.61. The van der Waals surface area contributed by atoms with Crippen LogP contribution in [0.5, 0.6) is 0 Å². The van der Waals surface area contributed by atoms with Crippen LogP contribution in [-0.2, 0) is 33.4 Å². The molecule has 0 aromatic heterocycles. The van der Waals surface area contributed by atoms with Gasteiger partial charge in [-0.25, -0.2) is 9.59 Å². The number of Topliss-reactive ketones (excluding diaryl/α,β-unsaturated/α-hetero) is 2. The van der Waals surface area contributed by atoms with E-state index in [4.69, 9.17) is 14.2 Å². The summed E-state index contributed by atoms with van der Waals surface area (Å²) in [7, 11) is 1.18. The number of aliphatic hydroxyl groups is 3. The fourth-order valence-electron chi connectivity index (χ4n) is 5.68. The van der Waals surface area contributed by atoms with E-state index in [2.05, 4.69) is 0 Å². The van der Waals surface area contributed by atoms with Crippen LogP contribution in [0.1, 0.15) is 33.6 Å². The quantitative estimate of drug-likeness (QED) is 0.170. The van der Waals surface area contributed by atoms with Gasteiger partial charge in [0.1, 0.15) is 22.9 Å². The number of rotatable bonds is 3. The van der Waals surface area contributed by atoms with Crippen LogP contribution in [0.25, 0.3) is 0 Å². The number of methoxy groups -OCH3 is 1. The fraction of sp³-hybridized carbons (Fsp3) is 0.520. The maximum absolute atomic E-state index is 13.7. The topological polar surface area (TPSA) is 157 Å². The van der Waals surface area contributed by atoms with Gasteiger partial charge in [0.05, 0.1) is 13.2 Å². The zero-order valence-corrected chi connectivity index (χ0v) is 19.8. The maximum Gasteiger partial charge on any atom is 0.340 e. The van der Waals surface area contributed by atoms with Crippen LogP contribution in [0.2, 0.25) is 0 Å². The van der Waals surface area contributed by atoms with Crippen LogP contribution < -0.4 is 0 Å². The molecule has 5 rings (SSSR count). The zero-order valence-electron chi connectivity index (χ0n) is 19.8. The molecule has 7 atom stereocenters. The van der Waals surface area contributed by atoms with Crippen molar-refractivity contribution in [3.63, 3.8) is 0 Å². The Morgan fingerprint density at radius 1 is 1.23 bits per heavy atom. The van der Waals surface area contributed by atoms with Crippen LogP contribution in [-0.4, -0.2) is 75.4 Å². The lowest BCUT2D eigenvalue weighted by atomic mass is 9.45. The Kier molecular flexibility index (Phi) is 5.90. The normalized spacial score (nSPS) is 42.3. The summed E-state index contributed by atoms with van der Waals surface area (Å²) in [6.07, 6.45) is 3.37. The van der Waals surface area contributed by atoms with Crippen molar-refractivity contribution in [2.45, 2.75) is 63.1 Å². The van der Waals surface area contributed by atoms with Crippen molar-refractivity contribution in [2.24, 2.45) is 11.3 Å². The number of aliphatic hydroxyl groups excluding tert-OH is 2. The van der Waals surface area contributed by atoms with Crippen molar-refractivity contribution in [1.29, 1.82) is 0 Å². The van der Waals surface area contributed by atoms with Gasteiger partial charge >= 0.3 is 11.9 Å². The predicted molar refractivity (Wildman–Crippen MR) is 119 cm³/mol. The van der Waals surface area contributed by atoms with Gasteiger partial charge in [-0.2, -0.15) is 0 Å². The number of fused-ring (bicyclic) bond motifs is 3. The molecule has 1 saturated heterocycles. The summed E-state index contributed by atoms with van der Waals surface area (Å²) in [5, 5.41) is 32.3. The second kappa shape index (κ2) is 8.25. The fourth-order valence-corrected chi connectivity index (χ4v) is 5.68. The smallest absolute Gasteiger partial charge is 0.340 e. The first kappa shape index (κ1) is 25.0. The monoisotopic (exact) mass is 488 g/mol. The highest BCUT2D eigenvalue weighted by molar-refractivity contribution is 6.25. The van der Waals surface area contributed by atoms with Crippen LogP contribution in [0.4, 0.5) is 0 Å². The highest BCUT2D eigenvalue weighted by Crippen LogP contribution is 2.61. The molecule has 188 valence electrons. The maximum atomic E-state index is 13.7. The van der Waals surface area contributed by atoms with E-state index < -0.39 is 70.1 Å². The van der Waals surface area contributed by atoms with E-state index in [0.717, 1.165) is 0 Å². The summed E-state index contributed by atoms with van der Waals surface area (Å²) >= 11 is 0. The third-order valence-electron chi connectivity index (χ3n) is 7.63. The summed E-state index contributed by atoms with van der Waals surface area (Å²) < 4.78 is 16.4. The molecular formula is C25H28O10. The molecule has 5 aliphatic rings. The van der Waals surface area contributed by atoms with Crippen LogP contribution >= 0.6 is 0 Å². The van der Waals surface area contributed by atoms with Gasteiger partial charge in [0, 0.05) is 23.5 Å². The molecule has 1 heterocycles. The lowest BCUT2D eigenvalue weighted by Crippen LogP contribution is -2.79. The average Bonchev–Trinajstić information content (AvgIpc) is 2.81. The van der Waals surface area contributed by atoms with Gasteiger partial charge in [0.15, 0.2) is 23.3 Å². The third kappa shape index (κ3) is 3.27. The van der Waals surface area contributed by atoms with Crippen molar-refractivity contribution >= 4 is 23.5 Å². The molecule has 4 aliphatic carbocycles. The van der Waals surface area contributed by atoms with Gasteiger partial charge in [-0.15, -0.1) is 0 Å². The van der Waals surface area contributed by atoms with Crippen molar-refractivity contribution in [3.8, 4) is 0 Å². The minimum Gasteiger partial charge on any atom is -0.508 e. The Labute approximate surface area is 201 Å². The molecule has 35 heavy (non-hydrogen) atoms. The lowest BCUT2D eigenvalue weighted by molar-refractivity contribution is -0.270. The number of ketones is 2. The Balaban J connectivity index is 1.84. The number of carbonyl (C=O) groups excluding carboxylic acids is 4. The number of hydrogen-bond donors (Lipinski definition) is 3. The molecule has 0 aromatic rings. The van der Waals surface area contributed by atoms with Crippen LogP contribution in [0, 0.1) is 11.3 Å². The summed E-state index contributed by atoms with van der Waals surface area (Å²) in [5.74, 6) is -5.25. The average molecular weight is 488 g/mol. The van der Waals surface area contributed by atoms with Gasteiger partial charge < -0.3 is 29.5 Å². The molecule has 3 N–H and O–H groups in total. The summed E-state index contributed by atoms with van der Waals surface area (Å²) in [6.45, 7) is 4.19. The second-order valence-corrected chi connectivity index (χ2v) is 9.61. The minimum atomic E-state index is -2.24. The predicted octanol–water partition coefficient (Wildman–Crippen LogP) is 0.773. The number of carbonyl (C=O) groups is 4. The van der Waals surface area contributed by atoms with Crippen LogP contribution in [0.3, 0.4) is 0 Å². The van der Waals surface area contributed by atoms with Gasteiger partial charge in [0.2, 0.25) is 0 Å². The van der Waals surface area contributed by atoms with E-state index in [1.54, 1.807) is 19.1 Å². The third-order valence-corrected chi connectivity index (χ3v) is 7.63. The van der Waals surface area contributed by atoms with E-state index in [1.807, 2.05) is 0 Å². The largest absolute Gasteiger partial charge is 0.508 e. The van der Waals surface area contributed by atoms with Gasteiger partial charge in [-0.3, -0.25) is 9.59 Å². The second-order valence-electron chi connectivity index (χ2n) is 9.61. The minimum absolute atomic E-state index is 0.0949. The van der Waals surface area contributed by atoms with Crippen molar-refractivity contribution in [3.05, 3.63) is 47.3 Å². The Morgan fingerprint density at radius 3 is 2.54 bits per heavy atom. The summed E-state index contributed by atoms with van der Waals surface area (Å²) in [6, 6.07) is 0. The molecule has 4 fully saturated rings. The molecule has 0 radical (unpaired) electrons. The molecule has 0 aromatic carbocycles. The van der Waals surface area contributed by atoms with Gasteiger partial charge in [-0.05, 0) is 39.3 Å². The molecule has 2 bridgehead atoms. The van der Waals surface area contributed by atoms with E-state index in [9.17, 15) is 34.5 Å². The zero-order chi connectivity index (χ0) is 25.9. The van der Waals surface area contributed by atoms with Crippen molar-refractivity contribution < 1.29 is 48.7 Å². The first-order valence-corrected chi connectivity index (χ1v) is 11.3. The molecule has 1 aliphatic heterocycles. The molecule has 10 nitrogen and oxygen atoms in total. The Morgan fingerprint density at radius 2 is 1.91 bits per heavy atom. The molecule has 0 amide bonds. The van der Waals surface area contributed by atoms with E-state index >= 15 is 0 Å². The number of allylic oxidation sites excluding steroid dienone is 4. The summed E-state index contributed by atoms with van der Waals surface area (Å²) in [5.41, 5.74) is -6.55. The van der Waals surface area contributed by atoms with Gasteiger partial charge in [-0.1, -0.05) is 18.2 Å². The van der Waals surface area contributed by atoms with Gasteiger partial charge in [0.25, 0.3) is 0 Å². The number of esters is 2. The van der Waals surface area contributed by atoms with E-state index in [1.165, 1.54) is 39.2 Å². The number of hydrogen-bond acceptors (Lipinski definition) is 10. The molecule has 0 unspecified atom stereocenters. The molecule has 10 heteroatoms. The Hall–Kier alpha value is -3.08. The first-order chi connectivity index (χ1) is 16.4. The highest BCUT2D eigenvalue weighted by atomic mass is 16.6. The molecule has 3 saturated carbocycles. The van der Waals surface area contributed by atoms with Crippen molar-refractivity contribution in [2.75, 3.05) is 7.11 Å². The summed E-state index contributed by atoms with van der Waals surface area (Å²) in [4.78, 5) is 52.7.